The summed E-state index contributed by atoms with van der Waals surface area (Å²) in [5.41, 5.74) is -1.49. The molecule has 3 aliphatic rings. The Hall–Kier alpha value is -4.56. The van der Waals surface area contributed by atoms with Crippen LogP contribution in [0.15, 0.2) is 96.3 Å². The normalized spacial score (nSPS) is 25.9. The zero-order chi connectivity index (χ0) is 29.5. The lowest BCUT2D eigenvalue weighted by Crippen LogP contribution is -2.55. The van der Waals surface area contributed by atoms with E-state index in [1.807, 2.05) is 72.8 Å². The molecule has 6 rings (SSSR count). The van der Waals surface area contributed by atoms with E-state index >= 15 is 0 Å². The molecular formula is C34H32O8. The van der Waals surface area contributed by atoms with Crippen LogP contribution in [-0.4, -0.2) is 43.8 Å². The number of benzene rings is 3. The van der Waals surface area contributed by atoms with Crippen molar-refractivity contribution in [2.75, 3.05) is 21.3 Å². The van der Waals surface area contributed by atoms with Gasteiger partial charge in [0.15, 0.2) is 11.4 Å². The number of Topliss-reactive ketones (excluding diaryl/α,β-unsaturated/α-hetero) is 1. The molecule has 4 atom stereocenters. The van der Waals surface area contributed by atoms with E-state index in [1.165, 1.54) is 14.2 Å². The van der Waals surface area contributed by atoms with Gasteiger partial charge in [0.05, 0.1) is 38.6 Å². The van der Waals surface area contributed by atoms with Crippen molar-refractivity contribution < 1.29 is 38.4 Å². The van der Waals surface area contributed by atoms with Crippen molar-refractivity contribution in [3.63, 3.8) is 0 Å². The Kier molecular flexibility index (Phi) is 7.02. The fraction of sp³-hybridized carbons (Fsp3) is 0.294. The molecule has 0 aromatic heterocycles. The Morgan fingerprint density at radius 1 is 0.952 bits per heavy atom. The molecule has 1 N–H and O–H groups in total. The number of ketones is 1. The Balaban J connectivity index is 1.57. The summed E-state index contributed by atoms with van der Waals surface area (Å²) >= 11 is 0. The Labute approximate surface area is 244 Å². The highest BCUT2D eigenvalue weighted by Crippen LogP contribution is 2.68. The molecule has 0 saturated heterocycles. The standard InChI is InChI=1S/C34H32O8/c1-38-24-16-14-23(15-17-24)34-29(22-12-8-5-9-13-22)28(32(36)40-3)31(35)33(34,37)30-26(39-2)18-25(19-27(30)42-34)41-20-21-10-6-4-7-11-21/h4-14,16,18-19,28-29,37H,15,17,20H2,1-3H3/t28?,29-,33+,34+/m1/s1. The van der Waals surface area contributed by atoms with Crippen LogP contribution in [0, 0.1) is 5.92 Å². The number of allylic oxidation sites excluding steroid dienone is 3. The third-order valence-electron chi connectivity index (χ3n) is 8.55. The summed E-state index contributed by atoms with van der Waals surface area (Å²) < 4.78 is 29.3. The molecule has 216 valence electrons. The highest BCUT2D eigenvalue weighted by atomic mass is 16.5. The minimum absolute atomic E-state index is 0.164. The molecule has 0 spiro atoms. The van der Waals surface area contributed by atoms with Crippen molar-refractivity contribution in [1.29, 1.82) is 0 Å². The maximum absolute atomic E-state index is 14.5. The Morgan fingerprint density at radius 3 is 2.29 bits per heavy atom. The lowest BCUT2D eigenvalue weighted by atomic mass is 9.68. The molecule has 1 fully saturated rings. The van der Waals surface area contributed by atoms with Crippen LogP contribution in [0.3, 0.4) is 0 Å². The molecule has 1 saturated carbocycles. The van der Waals surface area contributed by atoms with Crippen LogP contribution < -0.4 is 14.2 Å². The van der Waals surface area contributed by atoms with Crippen LogP contribution in [0.2, 0.25) is 0 Å². The van der Waals surface area contributed by atoms with Gasteiger partial charge in [0.25, 0.3) is 0 Å². The van der Waals surface area contributed by atoms with Crippen molar-refractivity contribution in [2.24, 2.45) is 5.92 Å². The first-order valence-corrected chi connectivity index (χ1v) is 13.8. The van der Waals surface area contributed by atoms with Crippen LogP contribution >= 0.6 is 0 Å². The van der Waals surface area contributed by atoms with Gasteiger partial charge >= 0.3 is 5.97 Å². The van der Waals surface area contributed by atoms with Crippen molar-refractivity contribution >= 4 is 11.8 Å². The summed E-state index contributed by atoms with van der Waals surface area (Å²) in [4.78, 5) is 27.8. The van der Waals surface area contributed by atoms with Gasteiger partial charge in [0.2, 0.25) is 5.60 Å². The molecule has 1 aliphatic heterocycles. The van der Waals surface area contributed by atoms with Crippen molar-refractivity contribution in [3.05, 3.63) is 113 Å². The fourth-order valence-corrected chi connectivity index (χ4v) is 6.68. The largest absolute Gasteiger partial charge is 0.501 e. The number of hydrogen-bond donors (Lipinski definition) is 1. The molecule has 8 nitrogen and oxygen atoms in total. The van der Waals surface area contributed by atoms with Gasteiger partial charge in [0, 0.05) is 18.6 Å². The van der Waals surface area contributed by atoms with Crippen LogP contribution in [0.5, 0.6) is 17.2 Å². The van der Waals surface area contributed by atoms with E-state index in [4.69, 9.17) is 23.7 Å². The number of aliphatic hydroxyl groups is 1. The van der Waals surface area contributed by atoms with E-state index < -0.39 is 34.8 Å². The molecular weight excluding hydrogens is 536 g/mol. The van der Waals surface area contributed by atoms with E-state index in [9.17, 15) is 14.7 Å². The van der Waals surface area contributed by atoms with Crippen LogP contribution in [-0.2, 0) is 31.3 Å². The first-order chi connectivity index (χ1) is 20.4. The van der Waals surface area contributed by atoms with Gasteiger partial charge < -0.3 is 28.8 Å². The van der Waals surface area contributed by atoms with Crippen LogP contribution in [0.1, 0.15) is 35.4 Å². The van der Waals surface area contributed by atoms with Gasteiger partial charge in [-0.05, 0) is 29.2 Å². The summed E-state index contributed by atoms with van der Waals surface area (Å²) in [7, 11) is 4.29. The first kappa shape index (κ1) is 27.6. The van der Waals surface area contributed by atoms with Crippen molar-refractivity contribution in [1.82, 2.24) is 0 Å². The summed E-state index contributed by atoms with van der Waals surface area (Å²) in [6.45, 7) is 0.296. The van der Waals surface area contributed by atoms with Gasteiger partial charge in [-0.3, -0.25) is 9.59 Å². The summed E-state index contributed by atoms with van der Waals surface area (Å²) in [6, 6.07) is 22.2. The van der Waals surface area contributed by atoms with E-state index in [-0.39, 0.29) is 17.1 Å². The molecule has 3 aromatic carbocycles. The summed E-state index contributed by atoms with van der Waals surface area (Å²) in [5.74, 6) is -2.02. The van der Waals surface area contributed by atoms with Gasteiger partial charge in [-0.15, -0.1) is 0 Å². The monoisotopic (exact) mass is 568 g/mol. The van der Waals surface area contributed by atoms with E-state index in [0.29, 0.717) is 36.3 Å². The SMILES string of the molecule is COC(=O)C1C(=O)[C@@]2(O)c3c(OC)cc(OCc4ccccc4)cc3O[C@@]2(C2=CC=C(OC)CC2)[C@@H]1c1ccccc1. The second-order valence-corrected chi connectivity index (χ2v) is 10.6. The smallest absolute Gasteiger partial charge is 0.317 e. The average molecular weight is 569 g/mol. The fourth-order valence-electron chi connectivity index (χ4n) is 6.68. The maximum atomic E-state index is 14.5. The lowest BCUT2D eigenvalue weighted by Gasteiger charge is -2.41. The molecule has 0 radical (unpaired) electrons. The highest BCUT2D eigenvalue weighted by Gasteiger charge is 2.79. The highest BCUT2D eigenvalue weighted by molar-refractivity contribution is 6.10. The number of ether oxygens (including phenoxy) is 5. The Bertz CT molecular complexity index is 1580. The Morgan fingerprint density at radius 2 is 1.67 bits per heavy atom. The quantitative estimate of drug-likeness (QED) is 0.299. The molecule has 42 heavy (non-hydrogen) atoms. The van der Waals surface area contributed by atoms with Crippen molar-refractivity contribution in [2.45, 2.75) is 36.6 Å². The second-order valence-electron chi connectivity index (χ2n) is 10.6. The predicted octanol–water partition coefficient (Wildman–Crippen LogP) is 5.00. The number of carbonyl (C=O) groups excluding carboxylic acids is 2. The van der Waals surface area contributed by atoms with E-state index in [1.54, 1.807) is 19.2 Å². The topological polar surface area (TPSA) is 101 Å². The maximum Gasteiger partial charge on any atom is 0.317 e. The van der Waals surface area contributed by atoms with Gasteiger partial charge in [0.1, 0.15) is 29.8 Å². The number of hydrogen-bond acceptors (Lipinski definition) is 8. The third kappa shape index (κ3) is 4.01. The molecule has 8 heteroatoms. The second kappa shape index (κ2) is 10.7. The number of methoxy groups -OCH3 is 3. The molecule has 1 heterocycles. The van der Waals surface area contributed by atoms with Gasteiger partial charge in [-0.25, -0.2) is 0 Å². The molecule has 0 bridgehead atoms. The predicted molar refractivity (Wildman–Crippen MR) is 153 cm³/mol. The zero-order valence-electron chi connectivity index (χ0n) is 23.7. The van der Waals surface area contributed by atoms with Gasteiger partial charge in [-0.1, -0.05) is 66.7 Å². The lowest BCUT2D eigenvalue weighted by molar-refractivity contribution is -0.153. The van der Waals surface area contributed by atoms with E-state index in [0.717, 1.165) is 11.3 Å². The molecule has 1 unspecified atom stereocenters. The summed E-state index contributed by atoms with van der Waals surface area (Å²) in [5, 5.41) is 12.8. The number of esters is 1. The number of carbonyl (C=O) groups is 2. The third-order valence-corrected chi connectivity index (χ3v) is 8.55. The average Bonchev–Trinajstić information content (AvgIpc) is 3.42. The molecule has 3 aromatic rings. The first-order valence-electron chi connectivity index (χ1n) is 13.8. The minimum atomic E-state index is -2.27. The molecule has 0 amide bonds. The summed E-state index contributed by atoms with van der Waals surface area (Å²) in [6.07, 6.45) is 4.59. The van der Waals surface area contributed by atoms with Crippen LogP contribution in [0.4, 0.5) is 0 Å². The van der Waals surface area contributed by atoms with Gasteiger partial charge in [-0.2, -0.15) is 0 Å². The van der Waals surface area contributed by atoms with E-state index in [2.05, 4.69) is 0 Å². The number of fused-ring (bicyclic) bond motifs is 3. The zero-order valence-corrected chi connectivity index (χ0v) is 23.7. The van der Waals surface area contributed by atoms with Crippen LogP contribution in [0.25, 0.3) is 0 Å². The number of rotatable bonds is 8. The van der Waals surface area contributed by atoms with Crippen molar-refractivity contribution in [3.8, 4) is 17.2 Å². The molecule has 2 aliphatic carbocycles. The minimum Gasteiger partial charge on any atom is -0.501 e.